The number of hydrogen-bond acceptors (Lipinski definition) is 3. The number of ketones is 1. The van der Waals surface area contributed by atoms with Gasteiger partial charge in [-0.1, -0.05) is 31.9 Å². The molecule has 0 aromatic heterocycles. The first-order valence-electron chi connectivity index (χ1n) is 5.93. The molecule has 0 heterocycles. The zero-order chi connectivity index (χ0) is 13.6. The van der Waals surface area contributed by atoms with Crippen molar-refractivity contribution in [1.29, 1.82) is 0 Å². The molecule has 0 bridgehead atoms. The summed E-state index contributed by atoms with van der Waals surface area (Å²) >= 11 is 5.43. The second kappa shape index (κ2) is 6.90. The highest BCUT2D eigenvalue weighted by Gasteiger charge is 2.14. The third-order valence-electron chi connectivity index (χ3n) is 2.67. The van der Waals surface area contributed by atoms with Gasteiger partial charge in [0.05, 0.1) is 16.5 Å². The van der Waals surface area contributed by atoms with Crippen LogP contribution >= 0.6 is 11.6 Å². The quantitative estimate of drug-likeness (QED) is 0.440. The molecule has 0 unspecified atom stereocenters. The van der Waals surface area contributed by atoms with Gasteiger partial charge in [0.2, 0.25) is 0 Å². The number of benzene rings is 1. The predicted octanol–water partition coefficient (Wildman–Crippen LogP) is 3.07. The second-order valence-corrected chi connectivity index (χ2v) is 6.48. The van der Waals surface area contributed by atoms with Gasteiger partial charge >= 0.3 is 0 Å². The molecule has 3 nitrogen and oxygen atoms in total. The number of carbonyl (C=O) groups excluding carboxylic acids is 1. The Hall–Kier alpha value is -0.870. The zero-order valence-electron chi connectivity index (χ0n) is 10.4. The Morgan fingerprint density at radius 1 is 1.17 bits per heavy atom. The molecule has 0 saturated heterocycles. The van der Waals surface area contributed by atoms with E-state index in [9.17, 15) is 13.2 Å². The summed E-state index contributed by atoms with van der Waals surface area (Å²) in [6, 6.07) is 5.97. The van der Waals surface area contributed by atoms with Crippen molar-refractivity contribution < 1.29 is 13.2 Å². The molecule has 0 atom stereocenters. The average Bonchev–Trinajstić information content (AvgIpc) is 2.38. The summed E-state index contributed by atoms with van der Waals surface area (Å²) in [5, 5.41) is 0. The van der Waals surface area contributed by atoms with Crippen LogP contribution in [0.3, 0.4) is 0 Å². The van der Waals surface area contributed by atoms with E-state index in [1.165, 1.54) is 24.3 Å². The van der Waals surface area contributed by atoms with Crippen molar-refractivity contribution in [1.82, 2.24) is 0 Å². The van der Waals surface area contributed by atoms with E-state index in [2.05, 4.69) is 0 Å². The van der Waals surface area contributed by atoms with E-state index < -0.39 is 9.84 Å². The highest BCUT2D eigenvalue weighted by Crippen LogP contribution is 2.15. The normalized spacial score (nSPS) is 11.4. The molecule has 0 radical (unpaired) electrons. The van der Waals surface area contributed by atoms with Crippen LogP contribution in [0.15, 0.2) is 29.2 Å². The number of sulfone groups is 1. The van der Waals surface area contributed by atoms with Crippen molar-refractivity contribution in [2.45, 2.75) is 31.1 Å². The van der Waals surface area contributed by atoms with Crippen LogP contribution in [-0.2, 0) is 9.84 Å². The first-order chi connectivity index (χ1) is 8.51. The molecule has 1 aromatic rings. The maximum Gasteiger partial charge on any atom is 0.178 e. The number of rotatable bonds is 7. The molecule has 0 aliphatic rings. The molecule has 5 heteroatoms. The van der Waals surface area contributed by atoms with Gasteiger partial charge in [0.15, 0.2) is 15.6 Å². The van der Waals surface area contributed by atoms with Gasteiger partial charge in [0.25, 0.3) is 0 Å². The van der Waals surface area contributed by atoms with Crippen LogP contribution in [0.5, 0.6) is 0 Å². The topological polar surface area (TPSA) is 51.2 Å². The minimum Gasteiger partial charge on any atom is -0.293 e. The van der Waals surface area contributed by atoms with Crippen LogP contribution in [0.25, 0.3) is 0 Å². The van der Waals surface area contributed by atoms with E-state index in [1.54, 1.807) is 0 Å². The molecular formula is C13H17ClO3S. The number of hydrogen-bond donors (Lipinski definition) is 0. The molecule has 0 aliphatic carbocycles. The standard InChI is InChI=1S/C13H17ClO3S/c1-2-3-4-9-18(16,17)12-7-5-11(6-8-12)13(15)10-14/h5-8H,2-4,9-10H2,1H3. The van der Waals surface area contributed by atoms with Gasteiger partial charge < -0.3 is 0 Å². The zero-order valence-corrected chi connectivity index (χ0v) is 11.9. The van der Waals surface area contributed by atoms with E-state index in [0.29, 0.717) is 12.0 Å². The Labute approximate surface area is 113 Å². The van der Waals surface area contributed by atoms with Crippen LogP contribution in [0.4, 0.5) is 0 Å². The van der Waals surface area contributed by atoms with Gasteiger partial charge in [-0.15, -0.1) is 11.6 Å². The maximum absolute atomic E-state index is 11.9. The molecule has 1 aromatic carbocycles. The number of Topliss-reactive ketones (excluding diaryl/α,β-unsaturated/α-hetero) is 1. The highest BCUT2D eigenvalue weighted by atomic mass is 35.5. The fraction of sp³-hybridized carbons (Fsp3) is 0.462. The number of halogens is 1. The fourth-order valence-corrected chi connectivity index (χ4v) is 3.11. The molecule has 0 saturated carbocycles. The summed E-state index contributed by atoms with van der Waals surface area (Å²) in [6.45, 7) is 2.03. The minimum absolute atomic E-state index is 0.0946. The lowest BCUT2D eigenvalue weighted by atomic mass is 10.1. The van der Waals surface area contributed by atoms with Crippen molar-refractivity contribution in [3.8, 4) is 0 Å². The van der Waals surface area contributed by atoms with Gasteiger partial charge in [-0.05, 0) is 18.6 Å². The molecule has 18 heavy (non-hydrogen) atoms. The second-order valence-electron chi connectivity index (χ2n) is 4.11. The van der Waals surface area contributed by atoms with Gasteiger partial charge in [0, 0.05) is 5.56 Å². The summed E-state index contributed by atoms with van der Waals surface area (Å²) < 4.78 is 23.9. The smallest absolute Gasteiger partial charge is 0.178 e. The molecule has 0 aliphatic heterocycles. The molecule has 0 spiro atoms. The van der Waals surface area contributed by atoms with Crippen LogP contribution in [-0.4, -0.2) is 25.8 Å². The van der Waals surface area contributed by atoms with Gasteiger partial charge in [0.1, 0.15) is 0 Å². The van der Waals surface area contributed by atoms with Gasteiger partial charge in [-0.2, -0.15) is 0 Å². The van der Waals surface area contributed by atoms with Crippen LogP contribution in [0, 0.1) is 0 Å². The summed E-state index contributed by atoms with van der Waals surface area (Å²) in [6.07, 6.45) is 2.56. The molecule has 0 fully saturated rings. The van der Waals surface area contributed by atoms with Gasteiger partial charge in [-0.25, -0.2) is 8.42 Å². The number of unbranched alkanes of at least 4 members (excludes halogenated alkanes) is 2. The fourth-order valence-electron chi connectivity index (χ4n) is 1.59. The average molecular weight is 289 g/mol. The summed E-state index contributed by atoms with van der Waals surface area (Å²) in [5.74, 6) is -0.140. The lowest BCUT2D eigenvalue weighted by Gasteiger charge is -2.04. The van der Waals surface area contributed by atoms with E-state index in [4.69, 9.17) is 11.6 Å². The number of carbonyl (C=O) groups is 1. The van der Waals surface area contributed by atoms with Gasteiger partial charge in [-0.3, -0.25) is 4.79 Å². The van der Waals surface area contributed by atoms with E-state index in [-0.39, 0.29) is 22.3 Å². The van der Waals surface area contributed by atoms with Crippen molar-refractivity contribution in [2.24, 2.45) is 0 Å². The van der Waals surface area contributed by atoms with Crippen molar-refractivity contribution in [2.75, 3.05) is 11.6 Å². The number of alkyl halides is 1. The minimum atomic E-state index is -3.23. The van der Waals surface area contributed by atoms with Crippen molar-refractivity contribution in [3.05, 3.63) is 29.8 Å². The van der Waals surface area contributed by atoms with Crippen LogP contribution < -0.4 is 0 Å². The molecule has 100 valence electrons. The van der Waals surface area contributed by atoms with Crippen molar-refractivity contribution >= 4 is 27.2 Å². The Kier molecular flexibility index (Phi) is 5.82. The first-order valence-corrected chi connectivity index (χ1v) is 8.12. The third kappa shape index (κ3) is 4.10. The molecule has 1 rings (SSSR count). The predicted molar refractivity (Wildman–Crippen MR) is 73.1 cm³/mol. The molecule has 0 N–H and O–H groups in total. The Bertz CT molecular complexity index is 491. The Morgan fingerprint density at radius 3 is 2.28 bits per heavy atom. The summed E-state index contributed by atoms with van der Waals surface area (Å²) in [7, 11) is -3.23. The Balaban J connectivity index is 2.81. The highest BCUT2D eigenvalue weighted by molar-refractivity contribution is 7.91. The lowest BCUT2D eigenvalue weighted by molar-refractivity contribution is 0.102. The molecule has 0 amide bonds. The van der Waals surface area contributed by atoms with E-state index in [1.807, 2.05) is 6.92 Å². The largest absolute Gasteiger partial charge is 0.293 e. The maximum atomic E-state index is 11.9. The Morgan fingerprint density at radius 2 is 1.78 bits per heavy atom. The third-order valence-corrected chi connectivity index (χ3v) is 4.73. The van der Waals surface area contributed by atoms with Crippen molar-refractivity contribution in [3.63, 3.8) is 0 Å². The SMILES string of the molecule is CCCCCS(=O)(=O)c1ccc(C(=O)CCl)cc1. The van der Waals surface area contributed by atoms with Crippen LogP contribution in [0.2, 0.25) is 0 Å². The van der Waals surface area contributed by atoms with Crippen LogP contribution in [0.1, 0.15) is 36.5 Å². The monoisotopic (exact) mass is 288 g/mol. The van der Waals surface area contributed by atoms with E-state index >= 15 is 0 Å². The molecular weight excluding hydrogens is 272 g/mol. The van der Waals surface area contributed by atoms with E-state index in [0.717, 1.165) is 12.8 Å². The summed E-state index contributed by atoms with van der Waals surface area (Å²) in [5.41, 5.74) is 0.442. The lowest BCUT2D eigenvalue weighted by Crippen LogP contribution is -2.07. The first kappa shape index (κ1) is 15.2. The summed E-state index contributed by atoms with van der Waals surface area (Å²) in [4.78, 5) is 11.6.